The van der Waals surface area contributed by atoms with Gasteiger partial charge in [0.05, 0.1) is 10.7 Å². The maximum Gasteiger partial charge on any atom is 0.313 e. The third-order valence-corrected chi connectivity index (χ3v) is 3.21. The first-order valence-corrected chi connectivity index (χ1v) is 7.73. The van der Waals surface area contributed by atoms with Crippen molar-refractivity contribution in [2.75, 3.05) is 24.1 Å². The van der Waals surface area contributed by atoms with E-state index in [1.807, 2.05) is 27.7 Å². The van der Waals surface area contributed by atoms with Gasteiger partial charge in [0.25, 0.3) is 0 Å². The maximum absolute atomic E-state index is 12.3. The number of amides is 2. The van der Waals surface area contributed by atoms with Crippen molar-refractivity contribution in [2.24, 2.45) is 11.8 Å². The van der Waals surface area contributed by atoms with Crippen LogP contribution in [-0.4, -0.2) is 29.8 Å². The van der Waals surface area contributed by atoms with Gasteiger partial charge in [-0.3, -0.25) is 9.59 Å². The van der Waals surface area contributed by atoms with Gasteiger partial charge in [0.15, 0.2) is 0 Å². The van der Waals surface area contributed by atoms with Crippen molar-refractivity contribution in [3.8, 4) is 0 Å². The molecule has 0 aliphatic carbocycles. The van der Waals surface area contributed by atoms with Gasteiger partial charge in [-0.2, -0.15) is 0 Å². The molecule has 0 saturated heterocycles. The van der Waals surface area contributed by atoms with Gasteiger partial charge < -0.3 is 16.0 Å². The molecule has 122 valence electrons. The van der Waals surface area contributed by atoms with Crippen LogP contribution in [0.3, 0.4) is 0 Å². The van der Waals surface area contributed by atoms with Crippen LogP contribution in [0.1, 0.15) is 27.7 Å². The molecule has 0 aromatic heterocycles. The Morgan fingerprint density at radius 3 is 2.18 bits per heavy atom. The Hall–Kier alpha value is -1.75. The minimum absolute atomic E-state index is 0.288. The topological polar surface area (TPSA) is 75.4 Å². The molecule has 1 rings (SSSR count). The molecule has 0 heterocycles. The highest BCUT2D eigenvalue weighted by Crippen LogP contribution is 2.24. The summed E-state index contributed by atoms with van der Waals surface area (Å²) in [5.41, 5.74) is 6.48. The van der Waals surface area contributed by atoms with E-state index in [4.69, 9.17) is 17.3 Å². The van der Waals surface area contributed by atoms with E-state index in [1.165, 1.54) is 6.07 Å². The average Bonchev–Trinajstić information content (AvgIpc) is 2.39. The molecule has 0 saturated carbocycles. The number of benzene rings is 1. The first-order valence-electron chi connectivity index (χ1n) is 7.36. The van der Waals surface area contributed by atoms with E-state index in [9.17, 15) is 9.59 Å². The van der Waals surface area contributed by atoms with E-state index in [0.717, 1.165) is 0 Å². The monoisotopic (exact) mass is 325 g/mol. The van der Waals surface area contributed by atoms with E-state index < -0.39 is 11.8 Å². The Bertz CT molecular complexity index is 534. The van der Waals surface area contributed by atoms with E-state index in [0.29, 0.717) is 29.5 Å². The van der Waals surface area contributed by atoms with Crippen LogP contribution in [0.25, 0.3) is 0 Å². The molecule has 0 aliphatic heterocycles. The molecule has 1 aromatic carbocycles. The third kappa shape index (κ3) is 5.56. The molecular formula is C16H24ClN3O2. The lowest BCUT2D eigenvalue weighted by molar-refractivity contribution is -0.143. The fourth-order valence-corrected chi connectivity index (χ4v) is 2.31. The zero-order valence-electron chi connectivity index (χ0n) is 13.5. The first-order chi connectivity index (χ1) is 10.2. The Morgan fingerprint density at radius 1 is 1.18 bits per heavy atom. The highest BCUT2D eigenvalue weighted by molar-refractivity contribution is 6.41. The smallest absolute Gasteiger partial charge is 0.313 e. The number of hydrogen-bond acceptors (Lipinski definition) is 3. The van der Waals surface area contributed by atoms with Crippen molar-refractivity contribution in [1.82, 2.24) is 4.90 Å². The fourth-order valence-electron chi connectivity index (χ4n) is 2.07. The number of nitrogen functional groups attached to an aromatic ring is 1. The zero-order valence-corrected chi connectivity index (χ0v) is 14.3. The summed E-state index contributed by atoms with van der Waals surface area (Å²) in [6, 6.07) is 4.73. The Balaban J connectivity index is 2.82. The predicted octanol–water partition coefficient (Wildman–Crippen LogP) is 3.00. The summed E-state index contributed by atoms with van der Waals surface area (Å²) in [5, 5.41) is 2.85. The maximum atomic E-state index is 12.3. The standard InChI is InChI=1S/C16H24ClN3O2/c1-10(2)8-20(9-11(3)4)16(22)15(21)19-14-6-5-12(18)7-13(14)17/h5-7,10-11H,8-9,18H2,1-4H3,(H,19,21). The number of anilines is 2. The van der Waals surface area contributed by atoms with Gasteiger partial charge in [-0.05, 0) is 30.0 Å². The Labute approximate surface area is 136 Å². The van der Waals surface area contributed by atoms with E-state index in [2.05, 4.69) is 5.32 Å². The highest BCUT2D eigenvalue weighted by atomic mass is 35.5. The summed E-state index contributed by atoms with van der Waals surface area (Å²) in [6.45, 7) is 9.12. The molecule has 0 atom stereocenters. The van der Waals surface area contributed by atoms with Crippen molar-refractivity contribution < 1.29 is 9.59 Å². The Kier molecular flexibility index (Phi) is 6.68. The summed E-state index contributed by atoms with van der Waals surface area (Å²) in [6.07, 6.45) is 0. The van der Waals surface area contributed by atoms with Crippen LogP contribution in [0.5, 0.6) is 0 Å². The molecule has 0 fully saturated rings. The molecule has 2 amide bonds. The van der Waals surface area contributed by atoms with Gasteiger partial charge in [0, 0.05) is 18.8 Å². The molecular weight excluding hydrogens is 302 g/mol. The molecule has 0 unspecified atom stereocenters. The van der Waals surface area contributed by atoms with Crippen LogP contribution in [0.4, 0.5) is 11.4 Å². The molecule has 0 bridgehead atoms. The van der Waals surface area contributed by atoms with Gasteiger partial charge in [-0.25, -0.2) is 0 Å². The summed E-state index contributed by atoms with van der Waals surface area (Å²) in [5.74, 6) is -0.658. The van der Waals surface area contributed by atoms with Gasteiger partial charge in [-0.1, -0.05) is 39.3 Å². The molecule has 5 nitrogen and oxygen atoms in total. The number of nitrogens with zero attached hydrogens (tertiary/aromatic N) is 1. The van der Waals surface area contributed by atoms with Crippen LogP contribution in [-0.2, 0) is 9.59 Å². The SMILES string of the molecule is CC(C)CN(CC(C)C)C(=O)C(=O)Nc1ccc(N)cc1Cl. The van der Waals surface area contributed by atoms with Crippen LogP contribution < -0.4 is 11.1 Å². The Morgan fingerprint density at radius 2 is 1.73 bits per heavy atom. The number of rotatable bonds is 5. The number of hydrogen-bond donors (Lipinski definition) is 2. The van der Waals surface area contributed by atoms with Gasteiger partial charge >= 0.3 is 11.8 Å². The average molecular weight is 326 g/mol. The minimum atomic E-state index is -0.687. The van der Waals surface area contributed by atoms with E-state index in [-0.39, 0.29) is 11.8 Å². The molecule has 22 heavy (non-hydrogen) atoms. The number of nitrogens with two attached hydrogens (primary N) is 1. The molecule has 0 spiro atoms. The van der Waals surface area contributed by atoms with Crippen LogP contribution in [0.2, 0.25) is 5.02 Å². The number of carbonyl (C=O) groups excluding carboxylic acids is 2. The second kappa shape index (κ2) is 8.03. The third-order valence-electron chi connectivity index (χ3n) is 2.89. The van der Waals surface area contributed by atoms with Crippen LogP contribution in [0, 0.1) is 11.8 Å². The second-order valence-electron chi connectivity index (χ2n) is 6.19. The summed E-state index contributed by atoms with van der Waals surface area (Å²) >= 11 is 6.01. The van der Waals surface area contributed by atoms with Gasteiger partial charge in [0.2, 0.25) is 0 Å². The molecule has 0 aliphatic rings. The van der Waals surface area contributed by atoms with Crippen molar-refractivity contribution in [1.29, 1.82) is 0 Å². The lowest BCUT2D eigenvalue weighted by atomic mass is 10.1. The molecule has 3 N–H and O–H groups in total. The van der Waals surface area contributed by atoms with Crippen molar-refractivity contribution in [3.63, 3.8) is 0 Å². The van der Waals surface area contributed by atoms with Gasteiger partial charge in [-0.15, -0.1) is 0 Å². The van der Waals surface area contributed by atoms with Crippen molar-refractivity contribution >= 4 is 34.8 Å². The van der Waals surface area contributed by atoms with Crippen molar-refractivity contribution in [3.05, 3.63) is 23.2 Å². The second-order valence-corrected chi connectivity index (χ2v) is 6.60. The summed E-state index contributed by atoms with van der Waals surface area (Å²) < 4.78 is 0. The summed E-state index contributed by atoms with van der Waals surface area (Å²) in [7, 11) is 0. The van der Waals surface area contributed by atoms with Gasteiger partial charge in [0.1, 0.15) is 0 Å². The number of nitrogens with one attached hydrogen (secondary N) is 1. The normalized spacial score (nSPS) is 10.9. The molecule has 0 radical (unpaired) electrons. The zero-order chi connectivity index (χ0) is 16.9. The lowest BCUT2D eigenvalue weighted by Gasteiger charge is -2.25. The summed E-state index contributed by atoms with van der Waals surface area (Å²) in [4.78, 5) is 26.1. The molecule has 6 heteroatoms. The van der Waals surface area contributed by atoms with Crippen LogP contribution >= 0.6 is 11.6 Å². The van der Waals surface area contributed by atoms with Crippen molar-refractivity contribution in [2.45, 2.75) is 27.7 Å². The highest BCUT2D eigenvalue weighted by Gasteiger charge is 2.23. The fraction of sp³-hybridized carbons (Fsp3) is 0.500. The van der Waals surface area contributed by atoms with Crippen LogP contribution in [0.15, 0.2) is 18.2 Å². The molecule has 1 aromatic rings. The number of halogens is 1. The lowest BCUT2D eigenvalue weighted by Crippen LogP contribution is -2.43. The minimum Gasteiger partial charge on any atom is -0.399 e. The predicted molar refractivity (Wildman–Crippen MR) is 90.8 cm³/mol. The quantitative estimate of drug-likeness (QED) is 0.645. The van der Waals surface area contributed by atoms with E-state index >= 15 is 0 Å². The first kappa shape index (κ1) is 18.3. The van der Waals surface area contributed by atoms with E-state index in [1.54, 1.807) is 17.0 Å². The number of carbonyl (C=O) groups is 2. The largest absolute Gasteiger partial charge is 0.399 e.